The molecule has 1 atom stereocenters. The first-order valence-electron chi connectivity index (χ1n) is 7.33. The zero-order valence-electron chi connectivity index (χ0n) is 12.3. The highest BCUT2D eigenvalue weighted by Crippen LogP contribution is 2.60. The van der Waals surface area contributed by atoms with E-state index in [1.807, 2.05) is 13.8 Å². The Hall–Kier alpha value is -0.950. The van der Waals surface area contributed by atoms with Crippen LogP contribution < -0.4 is 5.32 Å². The second-order valence-corrected chi connectivity index (χ2v) is 9.64. The highest BCUT2D eigenvalue weighted by atomic mass is 32.2. The minimum Gasteiger partial charge on any atom is -0.302 e. The van der Waals surface area contributed by atoms with Gasteiger partial charge in [-0.2, -0.15) is 0 Å². The molecule has 1 saturated carbocycles. The molecule has 2 fully saturated rings. The van der Waals surface area contributed by atoms with Crippen molar-refractivity contribution in [3.05, 3.63) is 10.6 Å². The number of anilines is 1. The predicted octanol–water partition coefficient (Wildman–Crippen LogP) is 2.17. The fourth-order valence-corrected chi connectivity index (χ4v) is 5.76. The van der Waals surface area contributed by atoms with Crippen LogP contribution in [-0.4, -0.2) is 30.8 Å². The molecule has 5 nitrogen and oxygen atoms in total. The third-order valence-electron chi connectivity index (χ3n) is 4.79. The molecule has 3 rings (SSSR count). The Bertz CT molecular complexity index is 664. The number of hydrogen-bond donors (Lipinski definition) is 1. The van der Waals surface area contributed by atoms with Crippen molar-refractivity contribution in [2.75, 3.05) is 16.8 Å². The van der Waals surface area contributed by atoms with Crippen molar-refractivity contribution in [2.45, 2.75) is 39.5 Å². The van der Waals surface area contributed by atoms with E-state index in [1.54, 1.807) is 0 Å². The normalized spacial score (nSPS) is 25.7. The number of aryl methyl sites for hydroxylation is 2. The summed E-state index contributed by atoms with van der Waals surface area (Å²) in [6, 6.07) is 0. The molecule has 21 heavy (non-hydrogen) atoms. The number of hydrogen-bond acceptors (Lipinski definition) is 5. The SMILES string of the molecule is CCc1nc(NC(=O)[C@H]2CC23CCS(=O)(=O)CC3)sc1C. The summed E-state index contributed by atoms with van der Waals surface area (Å²) in [5.41, 5.74) is 0.972. The number of carbonyl (C=O) groups excluding carboxylic acids is 1. The van der Waals surface area contributed by atoms with Crippen molar-refractivity contribution < 1.29 is 13.2 Å². The lowest BCUT2D eigenvalue weighted by atomic mass is 9.96. The van der Waals surface area contributed by atoms with Gasteiger partial charge >= 0.3 is 0 Å². The molecule has 1 aromatic heterocycles. The molecule has 0 aromatic carbocycles. The smallest absolute Gasteiger partial charge is 0.229 e. The summed E-state index contributed by atoms with van der Waals surface area (Å²) in [5, 5.41) is 3.58. The molecule has 1 saturated heterocycles. The third kappa shape index (κ3) is 2.85. The van der Waals surface area contributed by atoms with Crippen molar-refractivity contribution in [1.82, 2.24) is 4.98 Å². The van der Waals surface area contributed by atoms with Gasteiger partial charge in [0.05, 0.1) is 17.2 Å². The molecule has 1 amide bonds. The van der Waals surface area contributed by atoms with Crippen molar-refractivity contribution in [2.24, 2.45) is 11.3 Å². The maximum Gasteiger partial charge on any atom is 0.229 e. The second kappa shape index (κ2) is 5.05. The van der Waals surface area contributed by atoms with Crippen LogP contribution in [-0.2, 0) is 21.1 Å². The lowest BCUT2D eigenvalue weighted by Crippen LogP contribution is -2.28. The van der Waals surface area contributed by atoms with E-state index in [9.17, 15) is 13.2 Å². The number of nitrogens with zero attached hydrogens (tertiary/aromatic N) is 1. The van der Waals surface area contributed by atoms with Crippen LogP contribution in [0.5, 0.6) is 0 Å². The molecular weight excluding hydrogens is 308 g/mol. The van der Waals surface area contributed by atoms with E-state index in [2.05, 4.69) is 10.3 Å². The zero-order valence-corrected chi connectivity index (χ0v) is 13.9. The second-order valence-electron chi connectivity index (χ2n) is 6.14. The average Bonchev–Trinajstić information content (AvgIpc) is 3.03. The lowest BCUT2D eigenvalue weighted by molar-refractivity contribution is -0.118. The number of nitrogens with one attached hydrogen (secondary N) is 1. The van der Waals surface area contributed by atoms with Crippen LogP contribution in [0.3, 0.4) is 0 Å². The maximum atomic E-state index is 12.3. The minimum absolute atomic E-state index is 0.00528. The van der Waals surface area contributed by atoms with E-state index in [1.165, 1.54) is 11.3 Å². The molecule has 0 radical (unpaired) electrons. The Morgan fingerprint density at radius 2 is 2.10 bits per heavy atom. The van der Waals surface area contributed by atoms with Crippen LogP contribution in [0.15, 0.2) is 0 Å². The van der Waals surface area contributed by atoms with Crippen LogP contribution in [0.2, 0.25) is 0 Å². The first kappa shape index (κ1) is 15.0. The largest absolute Gasteiger partial charge is 0.302 e. The van der Waals surface area contributed by atoms with Crippen molar-refractivity contribution in [3.8, 4) is 0 Å². The lowest BCUT2D eigenvalue weighted by Gasteiger charge is -2.22. The van der Waals surface area contributed by atoms with Crippen molar-refractivity contribution >= 4 is 32.2 Å². The van der Waals surface area contributed by atoms with Gasteiger partial charge in [0.25, 0.3) is 0 Å². The highest BCUT2D eigenvalue weighted by molar-refractivity contribution is 7.91. The molecule has 2 heterocycles. The van der Waals surface area contributed by atoms with Gasteiger partial charge in [-0.1, -0.05) is 6.92 Å². The monoisotopic (exact) mass is 328 g/mol. The van der Waals surface area contributed by atoms with Gasteiger partial charge in [0.2, 0.25) is 5.91 Å². The highest BCUT2D eigenvalue weighted by Gasteiger charge is 2.59. The summed E-state index contributed by atoms with van der Waals surface area (Å²) in [7, 11) is -2.87. The number of thiazole rings is 1. The van der Waals surface area contributed by atoms with Gasteiger partial charge in [-0.05, 0) is 38.0 Å². The summed E-state index contributed by atoms with van der Waals surface area (Å²) in [5.74, 6) is 0.424. The predicted molar refractivity (Wildman–Crippen MR) is 83.3 cm³/mol. The Morgan fingerprint density at radius 1 is 1.43 bits per heavy atom. The van der Waals surface area contributed by atoms with Crippen LogP contribution in [0.4, 0.5) is 5.13 Å². The molecule has 2 aliphatic rings. The van der Waals surface area contributed by atoms with Crippen molar-refractivity contribution in [3.63, 3.8) is 0 Å². The first-order chi connectivity index (χ1) is 9.85. The van der Waals surface area contributed by atoms with Crippen LogP contribution in [0, 0.1) is 18.3 Å². The van der Waals surface area contributed by atoms with Crippen LogP contribution in [0.25, 0.3) is 0 Å². The zero-order chi connectivity index (χ0) is 15.3. The molecule has 1 aliphatic heterocycles. The van der Waals surface area contributed by atoms with E-state index in [4.69, 9.17) is 0 Å². The van der Waals surface area contributed by atoms with Gasteiger partial charge in [0.15, 0.2) is 5.13 Å². The van der Waals surface area contributed by atoms with Gasteiger partial charge in [0.1, 0.15) is 9.84 Å². The maximum absolute atomic E-state index is 12.3. The molecule has 7 heteroatoms. The van der Waals surface area contributed by atoms with Gasteiger partial charge in [-0.3, -0.25) is 4.79 Å². The molecular formula is C14H20N2O3S2. The number of sulfone groups is 1. The van der Waals surface area contributed by atoms with Gasteiger partial charge in [-0.25, -0.2) is 13.4 Å². The van der Waals surface area contributed by atoms with Crippen LogP contribution >= 0.6 is 11.3 Å². The van der Waals surface area contributed by atoms with E-state index in [0.29, 0.717) is 18.0 Å². The fourth-order valence-electron chi connectivity index (χ4n) is 3.22. The number of aromatic nitrogens is 1. The fraction of sp³-hybridized carbons (Fsp3) is 0.714. The summed E-state index contributed by atoms with van der Waals surface area (Å²) in [6.45, 7) is 4.06. The van der Waals surface area contributed by atoms with Gasteiger partial charge in [-0.15, -0.1) is 11.3 Å². The molecule has 0 bridgehead atoms. The number of carbonyl (C=O) groups is 1. The van der Waals surface area contributed by atoms with Crippen LogP contribution in [0.1, 0.15) is 36.8 Å². The number of amides is 1. The first-order valence-corrected chi connectivity index (χ1v) is 9.97. The van der Waals surface area contributed by atoms with E-state index < -0.39 is 9.84 Å². The Labute approximate surface area is 129 Å². The van der Waals surface area contributed by atoms with E-state index in [-0.39, 0.29) is 28.7 Å². The molecule has 0 unspecified atom stereocenters. The minimum atomic E-state index is -2.87. The topological polar surface area (TPSA) is 76.1 Å². The quantitative estimate of drug-likeness (QED) is 0.922. The molecule has 116 valence electrons. The summed E-state index contributed by atoms with van der Waals surface area (Å²) >= 11 is 1.51. The molecule has 1 N–H and O–H groups in total. The summed E-state index contributed by atoms with van der Waals surface area (Å²) in [6.07, 6.45) is 2.94. The van der Waals surface area contributed by atoms with E-state index in [0.717, 1.165) is 23.4 Å². The Kier molecular flexibility index (Phi) is 3.60. The molecule has 1 aromatic rings. The van der Waals surface area contributed by atoms with E-state index >= 15 is 0 Å². The third-order valence-corrected chi connectivity index (χ3v) is 7.37. The van der Waals surface area contributed by atoms with Gasteiger partial charge < -0.3 is 5.32 Å². The molecule has 1 aliphatic carbocycles. The Balaban J connectivity index is 1.63. The molecule has 1 spiro atoms. The Morgan fingerprint density at radius 3 is 2.67 bits per heavy atom. The standard InChI is InChI=1S/C14H20N2O3S2/c1-3-11-9(2)20-13(15-11)16-12(17)10-8-14(10)4-6-21(18,19)7-5-14/h10H,3-8H2,1-2H3,(H,15,16,17)/t10-/m1/s1. The summed E-state index contributed by atoms with van der Waals surface area (Å²) in [4.78, 5) is 17.9. The summed E-state index contributed by atoms with van der Waals surface area (Å²) < 4.78 is 23.0. The number of rotatable bonds is 3. The average molecular weight is 328 g/mol. The van der Waals surface area contributed by atoms with Gasteiger partial charge in [0, 0.05) is 10.8 Å². The van der Waals surface area contributed by atoms with Crippen molar-refractivity contribution in [1.29, 1.82) is 0 Å².